The third-order valence-corrected chi connectivity index (χ3v) is 9.09. The Labute approximate surface area is 311 Å². The predicted octanol–water partition coefficient (Wildman–Crippen LogP) is 6.32. The summed E-state index contributed by atoms with van der Waals surface area (Å²) in [7, 11) is 5.83. The molecule has 0 atom stereocenters. The molecule has 3 aromatic carbocycles. The molecule has 0 spiro atoms. The van der Waals surface area contributed by atoms with Crippen LogP contribution in [0.15, 0.2) is 102 Å². The fourth-order valence-corrected chi connectivity index (χ4v) is 6.47. The number of carbonyl (C=O) groups excluding carboxylic acids is 2. The van der Waals surface area contributed by atoms with Gasteiger partial charge in [-0.3, -0.25) is 9.36 Å². The van der Waals surface area contributed by atoms with Gasteiger partial charge in [-0.25, -0.2) is 18.8 Å². The molecule has 14 heteroatoms. The molecule has 54 heavy (non-hydrogen) atoms. The van der Waals surface area contributed by atoms with E-state index < -0.39 is 23.5 Å². The van der Waals surface area contributed by atoms with E-state index in [1.165, 1.54) is 23.0 Å². The lowest BCUT2D eigenvalue weighted by Gasteiger charge is -2.29. The number of likely N-dealkylation sites (N-methyl/N-ethyl adjacent to an activating group) is 1. The van der Waals surface area contributed by atoms with Gasteiger partial charge >= 0.3 is 17.9 Å². The van der Waals surface area contributed by atoms with Gasteiger partial charge in [0.25, 0.3) is 5.91 Å². The highest BCUT2D eigenvalue weighted by molar-refractivity contribution is 5.83. The number of rotatable bonds is 8. The second kappa shape index (κ2) is 16.8. The number of halogens is 3. The molecule has 0 unspecified atom stereocenters. The number of amides is 2. The molecule has 0 bridgehead atoms. The number of imidazole rings is 1. The molecule has 5 aromatic rings. The van der Waals surface area contributed by atoms with Crippen molar-refractivity contribution in [2.45, 2.75) is 44.8 Å². The Kier molecular flexibility index (Phi) is 12.2. The van der Waals surface area contributed by atoms with E-state index in [1.54, 1.807) is 37.3 Å². The fourth-order valence-electron chi connectivity index (χ4n) is 6.47. The minimum absolute atomic E-state index is 0.0225. The summed E-state index contributed by atoms with van der Waals surface area (Å²) in [5.74, 6) is 0.226. The van der Waals surface area contributed by atoms with E-state index in [0.717, 1.165) is 34.1 Å². The second-order valence-electron chi connectivity index (χ2n) is 14.3. The van der Waals surface area contributed by atoms with Crippen LogP contribution >= 0.6 is 0 Å². The average Bonchev–Trinajstić information content (AvgIpc) is 3.72. The maximum absolute atomic E-state index is 14.1. The Morgan fingerprint density at radius 2 is 1.54 bits per heavy atom. The molecule has 2 amide bonds. The molecule has 1 saturated carbocycles. The van der Waals surface area contributed by atoms with Crippen molar-refractivity contribution in [2.24, 2.45) is 5.92 Å². The first-order valence-corrected chi connectivity index (χ1v) is 17.6. The molecule has 2 heterocycles. The monoisotopic (exact) mass is 741 g/mol. The van der Waals surface area contributed by atoms with Crippen molar-refractivity contribution in [3.05, 3.63) is 124 Å². The molecule has 282 valence electrons. The Hall–Kier alpha value is -5.94. The Morgan fingerprint density at radius 1 is 0.907 bits per heavy atom. The third-order valence-electron chi connectivity index (χ3n) is 9.09. The normalized spacial score (nSPS) is 15.7. The van der Waals surface area contributed by atoms with Crippen molar-refractivity contribution in [2.75, 3.05) is 34.2 Å². The van der Waals surface area contributed by atoms with Crippen LogP contribution in [0.4, 0.5) is 18.0 Å². The van der Waals surface area contributed by atoms with Crippen molar-refractivity contribution in [3.8, 4) is 28.8 Å². The van der Waals surface area contributed by atoms with E-state index >= 15 is 0 Å². The summed E-state index contributed by atoms with van der Waals surface area (Å²) < 4.78 is 45.0. The molecule has 0 aliphatic heterocycles. The molecule has 11 nitrogen and oxygen atoms in total. The molecular weight excluding hydrogens is 697 g/mol. The number of carbonyl (C=O) groups is 2. The van der Waals surface area contributed by atoms with Crippen LogP contribution in [-0.2, 0) is 11.0 Å². The number of nitrogens with zero attached hydrogens (tertiary/aromatic N) is 6. The third kappa shape index (κ3) is 9.73. The molecule has 0 saturated heterocycles. The second-order valence-corrected chi connectivity index (χ2v) is 14.3. The van der Waals surface area contributed by atoms with Crippen molar-refractivity contribution in [1.29, 1.82) is 5.26 Å². The zero-order valence-electron chi connectivity index (χ0n) is 30.7. The zero-order chi connectivity index (χ0) is 39.0. The van der Waals surface area contributed by atoms with Crippen LogP contribution in [-0.4, -0.2) is 75.6 Å². The lowest BCUT2D eigenvalue weighted by molar-refractivity contribution is -0.862. The average molecular weight is 742 g/mol. The Bertz CT molecular complexity index is 2120. The van der Waals surface area contributed by atoms with Crippen LogP contribution in [0.1, 0.15) is 42.5 Å². The molecule has 2 N–H and O–H groups in total. The Morgan fingerprint density at radius 3 is 2.11 bits per heavy atom. The number of aromatic nitrogens is 4. The van der Waals surface area contributed by atoms with Crippen molar-refractivity contribution >= 4 is 11.9 Å². The summed E-state index contributed by atoms with van der Waals surface area (Å²) in [5.41, 5.74) is -0.0912. The summed E-state index contributed by atoms with van der Waals surface area (Å²) in [4.78, 5) is 40.3. The Balaban J connectivity index is 0.000000850. The molecule has 1 aliphatic rings. The van der Waals surface area contributed by atoms with Gasteiger partial charge in [-0.1, -0.05) is 42.5 Å². The number of hydrogen-bond acceptors (Lipinski definition) is 5. The fraction of sp³-hybridized carbons (Fsp3) is 0.325. The highest BCUT2D eigenvalue weighted by Gasteiger charge is 2.33. The van der Waals surface area contributed by atoms with E-state index in [2.05, 4.69) is 21.8 Å². The van der Waals surface area contributed by atoms with E-state index in [9.17, 15) is 32.8 Å². The SMILES string of the molecule is Cc1c(-c2ccnn2-c2ccc(C#N)cc2)n(C(=O)N[C@H]2CC[C@H](CNC(=O)C[N+](C)(C)C)CC2)c(=O)n1-c1cccc(C(F)(F)F)c1.c1ccccc1. The number of nitrogens with one attached hydrogen (secondary N) is 2. The van der Waals surface area contributed by atoms with Crippen LogP contribution in [0.3, 0.4) is 0 Å². The number of benzene rings is 3. The smallest absolute Gasteiger partial charge is 0.351 e. The zero-order valence-corrected chi connectivity index (χ0v) is 30.7. The summed E-state index contributed by atoms with van der Waals surface area (Å²) >= 11 is 0. The largest absolute Gasteiger partial charge is 0.416 e. The van der Waals surface area contributed by atoms with Gasteiger partial charge in [0.2, 0.25) is 0 Å². The van der Waals surface area contributed by atoms with Crippen molar-refractivity contribution in [3.63, 3.8) is 0 Å². The molecule has 6 rings (SSSR count). The van der Waals surface area contributed by atoms with Gasteiger partial charge in [0.1, 0.15) is 5.69 Å². The van der Waals surface area contributed by atoms with Gasteiger partial charge in [0.05, 0.1) is 67.3 Å². The van der Waals surface area contributed by atoms with Crippen LogP contribution in [0.25, 0.3) is 22.8 Å². The minimum atomic E-state index is -4.64. The molecule has 1 aliphatic carbocycles. The van der Waals surface area contributed by atoms with Crippen LogP contribution in [0, 0.1) is 24.2 Å². The molecule has 0 radical (unpaired) electrons. The number of quaternary nitrogens is 1. The first-order chi connectivity index (χ1) is 25.7. The number of alkyl halides is 3. The minimum Gasteiger partial charge on any atom is -0.351 e. The first-order valence-electron chi connectivity index (χ1n) is 17.6. The van der Waals surface area contributed by atoms with Crippen molar-refractivity contribution in [1.82, 2.24) is 29.5 Å². The van der Waals surface area contributed by atoms with E-state index in [-0.39, 0.29) is 34.9 Å². The van der Waals surface area contributed by atoms with E-state index in [0.29, 0.717) is 47.4 Å². The van der Waals surface area contributed by atoms with Gasteiger partial charge in [0, 0.05) is 12.6 Å². The maximum Gasteiger partial charge on any atom is 0.416 e. The quantitative estimate of drug-likeness (QED) is 0.180. The highest BCUT2D eigenvalue weighted by Crippen LogP contribution is 2.32. The van der Waals surface area contributed by atoms with Crippen LogP contribution in [0.5, 0.6) is 0 Å². The molecule has 1 fully saturated rings. The molecule has 2 aromatic heterocycles. The number of hydrogen-bond donors (Lipinski definition) is 2. The van der Waals surface area contributed by atoms with Gasteiger partial charge in [-0.05, 0) is 87.1 Å². The van der Waals surface area contributed by atoms with Gasteiger partial charge in [0.15, 0.2) is 6.54 Å². The summed E-state index contributed by atoms with van der Waals surface area (Å²) in [6, 6.07) is 25.6. The van der Waals surface area contributed by atoms with Crippen LogP contribution in [0.2, 0.25) is 0 Å². The lowest BCUT2D eigenvalue weighted by Crippen LogP contribution is -2.46. The highest BCUT2D eigenvalue weighted by atomic mass is 19.4. The van der Waals surface area contributed by atoms with E-state index in [1.807, 2.05) is 57.5 Å². The van der Waals surface area contributed by atoms with E-state index in [4.69, 9.17) is 0 Å². The summed E-state index contributed by atoms with van der Waals surface area (Å²) in [6.45, 7) is 2.47. The maximum atomic E-state index is 14.1. The van der Waals surface area contributed by atoms with Gasteiger partial charge in [-0.2, -0.15) is 23.5 Å². The van der Waals surface area contributed by atoms with Crippen molar-refractivity contribution < 1.29 is 27.2 Å². The predicted molar refractivity (Wildman–Crippen MR) is 199 cm³/mol. The van der Waals surface area contributed by atoms with Gasteiger partial charge < -0.3 is 15.1 Å². The lowest BCUT2D eigenvalue weighted by atomic mass is 9.86. The topological polar surface area (TPSA) is 127 Å². The van der Waals surface area contributed by atoms with Gasteiger partial charge in [-0.15, -0.1) is 0 Å². The summed E-state index contributed by atoms with van der Waals surface area (Å²) in [5, 5.41) is 19.6. The summed E-state index contributed by atoms with van der Waals surface area (Å²) in [6.07, 6.45) is -0.385. The molecular formula is C40H44F3N8O3+. The standard InChI is InChI=1S/C34H37F3N8O3.C6H6/c1-22-31(29-16-17-40-44(29)27-14-10-23(19-38)11-15-27)43(33(48)42(22)28-7-5-6-25(18-28)34(35,36)37)32(47)41-26-12-8-24(9-13-26)20-39-30(46)21-45(2,3)4;1-2-4-6-5-3-1/h5-7,10-11,14-18,24,26H,8-9,12-13,20-21H2,1-4H3,(H-,39,41,46,47);1-6H/p+1/t24-,26-;. The number of nitriles is 1. The van der Waals surface area contributed by atoms with Crippen LogP contribution < -0.4 is 16.3 Å². The first kappa shape index (κ1) is 39.3.